The van der Waals surface area contributed by atoms with E-state index in [-0.39, 0.29) is 11.3 Å². The summed E-state index contributed by atoms with van der Waals surface area (Å²) in [6.45, 7) is 0. The number of carboxylic acid groups (broad SMARTS) is 1. The van der Waals surface area contributed by atoms with Gasteiger partial charge < -0.3 is 9.52 Å². The fourth-order valence-corrected chi connectivity index (χ4v) is 2.37. The molecule has 0 bridgehead atoms. The van der Waals surface area contributed by atoms with Crippen LogP contribution in [0.1, 0.15) is 16.1 Å². The maximum atomic E-state index is 10.9. The standard InChI is InChI=1S/C12H9NO5S/c14-12(15)8-3-4-11(10(6-8)13(16)17)19-7-9-2-1-5-18-9/h1-6H,7H2,(H,14,15). The summed E-state index contributed by atoms with van der Waals surface area (Å²) < 4.78 is 5.13. The third-order valence-electron chi connectivity index (χ3n) is 2.35. The molecular formula is C12H9NO5S. The molecule has 1 aromatic heterocycles. The van der Waals surface area contributed by atoms with Crippen LogP contribution in [0.5, 0.6) is 0 Å². The second kappa shape index (κ2) is 5.57. The van der Waals surface area contributed by atoms with Gasteiger partial charge in [0.1, 0.15) is 5.76 Å². The molecule has 1 aromatic carbocycles. The first-order chi connectivity index (χ1) is 9.08. The lowest BCUT2D eigenvalue weighted by molar-refractivity contribution is -0.387. The summed E-state index contributed by atoms with van der Waals surface area (Å²) in [5.74, 6) is -0.0485. The number of carbonyl (C=O) groups is 1. The normalized spacial score (nSPS) is 10.3. The first kappa shape index (κ1) is 13.2. The summed E-state index contributed by atoms with van der Waals surface area (Å²) in [7, 11) is 0. The Kier molecular flexibility index (Phi) is 3.86. The molecule has 2 aromatic rings. The highest BCUT2D eigenvalue weighted by Gasteiger charge is 2.17. The lowest BCUT2D eigenvalue weighted by Crippen LogP contribution is -1.99. The smallest absolute Gasteiger partial charge is 0.335 e. The van der Waals surface area contributed by atoms with E-state index in [4.69, 9.17) is 9.52 Å². The van der Waals surface area contributed by atoms with Gasteiger partial charge in [-0.2, -0.15) is 0 Å². The van der Waals surface area contributed by atoms with Crippen LogP contribution in [-0.2, 0) is 5.75 Å². The van der Waals surface area contributed by atoms with E-state index in [0.717, 1.165) is 6.07 Å². The van der Waals surface area contributed by atoms with Crippen molar-refractivity contribution in [2.24, 2.45) is 0 Å². The molecule has 0 aliphatic rings. The van der Waals surface area contributed by atoms with Crippen LogP contribution in [0.15, 0.2) is 45.9 Å². The van der Waals surface area contributed by atoms with Crippen LogP contribution in [0.25, 0.3) is 0 Å². The number of furan rings is 1. The molecule has 0 atom stereocenters. The van der Waals surface area contributed by atoms with Crippen molar-refractivity contribution in [3.05, 3.63) is 58.0 Å². The zero-order valence-corrected chi connectivity index (χ0v) is 10.4. The quantitative estimate of drug-likeness (QED) is 0.513. The van der Waals surface area contributed by atoms with Gasteiger partial charge in [-0.3, -0.25) is 10.1 Å². The van der Waals surface area contributed by atoms with Crippen molar-refractivity contribution in [2.75, 3.05) is 0 Å². The number of benzene rings is 1. The number of thioether (sulfide) groups is 1. The van der Waals surface area contributed by atoms with Gasteiger partial charge in [0.25, 0.3) is 5.69 Å². The Bertz CT molecular complexity index is 609. The predicted molar refractivity (Wildman–Crippen MR) is 68.3 cm³/mol. The van der Waals surface area contributed by atoms with Crippen molar-refractivity contribution in [1.82, 2.24) is 0 Å². The molecule has 19 heavy (non-hydrogen) atoms. The molecule has 98 valence electrons. The molecule has 0 aliphatic heterocycles. The maximum absolute atomic E-state index is 10.9. The Morgan fingerprint density at radius 1 is 1.42 bits per heavy atom. The topological polar surface area (TPSA) is 93.6 Å². The van der Waals surface area contributed by atoms with Gasteiger partial charge in [-0.25, -0.2) is 4.79 Å². The number of aromatic carboxylic acids is 1. The number of nitrogens with zero attached hydrogens (tertiary/aromatic N) is 1. The second-order valence-electron chi connectivity index (χ2n) is 3.61. The monoisotopic (exact) mass is 279 g/mol. The molecule has 6 nitrogen and oxygen atoms in total. The molecule has 7 heteroatoms. The number of rotatable bonds is 5. The van der Waals surface area contributed by atoms with E-state index in [9.17, 15) is 14.9 Å². The molecule has 1 N–H and O–H groups in total. The number of nitro benzene ring substituents is 1. The Balaban J connectivity index is 2.24. The van der Waals surface area contributed by atoms with Crippen molar-refractivity contribution in [1.29, 1.82) is 0 Å². The first-order valence-corrected chi connectivity index (χ1v) is 6.23. The van der Waals surface area contributed by atoms with Gasteiger partial charge in [0.05, 0.1) is 27.4 Å². The van der Waals surface area contributed by atoms with E-state index < -0.39 is 10.9 Å². The zero-order valence-electron chi connectivity index (χ0n) is 9.61. The predicted octanol–water partition coefficient (Wildman–Crippen LogP) is 3.18. The van der Waals surface area contributed by atoms with E-state index in [1.807, 2.05) is 0 Å². The van der Waals surface area contributed by atoms with Crippen molar-refractivity contribution < 1.29 is 19.2 Å². The van der Waals surface area contributed by atoms with Gasteiger partial charge in [0.15, 0.2) is 0 Å². The molecule has 0 radical (unpaired) electrons. The van der Waals surface area contributed by atoms with Crippen molar-refractivity contribution in [3.63, 3.8) is 0 Å². The van der Waals surface area contributed by atoms with Crippen LogP contribution in [0, 0.1) is 10.1 Å². The fourth-order valence-electron chi connectivity index (χ4n) is 1.46. The highest BCUT2D eigenvalue weighted by molar-refractivity contribution is 7.98. The minimum atomic E-state index is -1.19. The molecule has 0 fully saturated rings. The van der Waals surface area contributed by atoms with Gasteiger partial charge in [0.2, 0.25) is 0 Å². The van der Waals surface area contributed by atoms with Crippen molar-refractivity contribution >= 4 is 23.4 Å². The highest BCUT2D eigenvalue weighted by Crippen LogP contribution is 2.32. The summed E-state index contributed by atoms with van der Waals surface area (Å²) in [5, 5.41) is 19.8. The second-order valence-corrected chi connectivity index (χ2v) is 4.63. The number of carboxylic acids is 1. The van der Waals surface area contributed by atoms with Crippen LogP contribution in [-0.4, -0.2) is 16.0 Å². The summed E-state index contributed by atoms with van der Waals surface area (Å²) in [6, 6.07) is 7.35. The minimum absolute atomic E-state index is 0.103. The minimum Gasteiger partial charge on any atom is -0.478 e. The maximum Gasteiger partial charge on any atom is 0.335 e. The molecule has 1 heterocycles. The van der Waals surface area contributed by atoms with Gasteiger partial charge in [-0.05, 0) is 24.3 Å². The van der Waals surface area contributed by atoms with E-state index in [2.05, 4.69) is 0 Å². The third kappa shape index (κ3) is 3.14. The van der Waals surface area contributed by atoms with Crippen LogP contribution in [0.4, 0.5) is 5.69 Å². The zero-order chi connectivity index (χ0) is 13.8. The van der Waals surface area contributed by atoms with Crippen molar-refractivity contribution in [3.8, 4) is 0 Å². The average Bonchev–Trinajstić information content (AvgIpc) is 2.89. The molecule has 0 amide bonds. The number of nitro groups is 1. The fraction of sp³-hybridized carbons (Fsp3) is 0.0833. The van der Waals surface area contributed by atoms with Crippen LogP contribution >= 0.6 is 11.8 Å². The highest BCUT2D eigenvalue weighted by atomic mass is 32.2. The van der Waals surface area contributed by atoms with E-state index in [1.54, 1.807) is 12.1 Å². The number of hydrogen-bond acceptors (Lipinski definition) is 5. The molecular weight excluding hydrogens is 270 g/mol. The first-order valence-electron chi connectivity index (χ1n) is 5.25. The Labute approximate surface area is 112 Å². The molecule has 0 aliphatic carbocycles. The summed E-state index contributed by atoms with van der Waals surface area (Å²) in [5.41, 5.74) is -0.314. The molecule has 0 saturated heterocycles. The largest absolute Gasteiger partial charge is 0.478 e. The SMILES string of the molecule is O=C(O)c1ccc(SCc2ccco2)c([N+](=O)[O-])c1. The Hall–Kier alpha value is -2.28. The Morgan fingerprint density at radius 2 is 2.21 bits per heavy atom. The van der Waals surface area contributed by atoms with Gasteiger partial charge in [-0.15, -0.1) is 11.8 Å². The van der Waals surface area contributed by atoms with Gasteiger partial charge in [0, 0.05) is 6.07 Å². The molecule has 0 saturated carbocycles. The summed E-state index contributed by atoms with van der Waals surface area (Å²) in [4.78, 5) is 21.5. The van der Waals surface area contributed by atoms with Gasteiger partial charge >= 0.3 is 5.97 Å². The Morgan fingerprint density at radius 3 is 2.79 bits per heavy atom. The van der Waals surface area contributed by atoms with Crippen LogP contribution < -0.4 is 0 Å². The lowest BCUT2D eigenvalue weighted by Gasteiger charge is -2.02. The van der Waals surface area contributed by atoms with Crippen LogP contribution in [0.2, 0.25) is 0 Å². The molecule has 0 unspecified atom stereocenters. The third-order valence-corrected chi connectivity index (χ3v) is 3.44. The van der Waals surface area contributed by atoms with Crippen molar-refractivity contribution in [2.45, 2.75) is 10.6 Å². The average molecular weight is 279 g/mol. The van der Waals surface area contributed by atoms with E-state index in [0.29, 0.717) is 16.4 Å². The lowest BCUT2D eigenvalue weighted by atomic mass is 10.2. The summed E-state index contributed by atoms with van der Waals surface area (Å²) >= 11 is 1.23. The number of hydrogen-bond donors (Lipinski definition) is 1. The molecule has 0 spiro atoms. The molecule has 2 rings (SSSR count). The van der Waals surface area contributed by atoms with Gasteiger partial charge in [-0.1, -0.05) is 0 Å². The summed E-state index contributed by atoms with van der Waals surface area (Å²) in [6.07, 6.45) is 1.53. The van der Waals surface area contributed by atoms with E-state index in [1.165, 1.54) is 30.2 Å². The van der Waals surface area contributed by atoms with E-state index >= 15 is 0 Å². The van der Waals surface area contributed by atoms with Crippen LogP contribution in [0.3, 0.4) is 0 Å².